The van der Waals surface area contributed by atoms with Crippen molar-refractivity contribution in [1.29, 1.82) is 0 Å². The van der Waals surface area contributed by atoms with E-state index in [-0.39, 0.29) is 16.8 Å². The van der Waals surface area contributed by atoms with Crippen molar-refractivity contribution in [3.63, 3.8) is 0 Å². The molecule has 2 aromatic carbocycles. The van der Waals surface area contributed by atoms with Gasteiger partial charge in [0, 0.05) is 23.7 Å². The number of hydrogen-bond acceptors (Lipinski definition) is 3. The van der Waals surface area contributed by atoms with Crippen LogP contribution in [0.5, 0.6) is 0 Å². The summed E-state index contributed by atoms with van der Waals surface area (Å²) in [6.45, 7) is 8.26. The van der Waals surface area contributed by atoms with Gasteiger partial charge in [0.05, 0.1) is 5.39 Å². The zero-order valence-electron chi connectivity index (χ0n) is 15.6. The summed E-state index contributed by atoms with van der Waals surface area (Å²) in [5.74, 6) is 0.442. The van der Waals surface area contributed by atoms with Gasteiger partial charge in [-0.1, -0.05) is 52.0 Å². The average molecular weight is 349 g/mol. The second-order valence-electron chi connectivity index (χ2n) is 7.41. The van der Waals surface area contributed by atoms with Crippen LogP contribution in [0, 0.1) is 0 Å². The first-order valence-corrected chi connectivity index (χ1v) is 8.76. The monoisotopic (exact) mass is 349 g/mol. The number of benzene rings is 2. The van der Waals surface area contributed by atoms with Crippen molar-refractivity contribution < 1.29 is 9.21 Å². The van der Waals surface area contributed by atoms with Crippen molar-refractivity contribution >= 4 is 22.6 Å². The van der Waals surface area contributed by atoms with Crippen LogP contribution >= 0.6 is 0 Å². The third-order valence-corrected chi connectivity index (χ3v) is 4.37. The summed E-state index contributed by atoms with van der Waals surface area (Å²) in [4.78, 5) is 24.1. The quantitative estimate of drug-likeness (QED) is 0.715. The third-order valence-electron chi connectivity index (χ3n) is 4.37. The number of amides is 1. The SMILES string of the molecule is CCC(=O)Nc1ccc2oc(-c3ccc(C(C)(C)C)cc3)cc(=O)c2c1. The minimum atomic E-state index is -0.131. The summed E-state index contributed by atoms with van der Waals surface area (Å²) in [6.07, 6.45) is 0.385. The fraction of sp³-hybridized carbons (Fsp3) is 0.273. The van der Waals surface area contributed by atoms with E-state index in [0.717, 1.165) is 5.56 Å². The van der Waals surface area contributed by atoms with E-state index in [1.807, 2.05) is 12.1 Å². The molecule has 0 unspecified atom stereocenters. The summed E-state index contributed by atoms with van der Waals surface area (Å²) in [5, 5.41) is 3.21. The smallest absolute Gasteiger partial charge is 0.224 e. The van der Waals surface area contributed by atoms with Crippen LogP contribution in [-0.2, 0) is 10.2 Å². The Bertz CT molecular complexity index is 1010. The standard InChI is InChI=1S/C22H23NO3/c1-5-21(25)23-16-10-11-19-17(12-16)18(24)13-20(26-19)14-6-8-15(9-7-14)22(2,3)4/h6-13H,5H2,1-4H3,(H,23,25). The van der Waals surface area contributed by atoms with E-state index < -0.39 is 0 Å². The lowest BCUT2D eigenvalue weighted by atomic mass is 9.86. The van der Waals surface area contributed by atoms with Crippen LogP contribution in [0.4, 0.5) is 5.69 Å². The molecule has 134 valence electrons. The first-order valence-electron chi connectivity index (χ1n) is 8.76. The van der Waals surface area contributed by atoms with E-state index in [0.29, 0.717) is 28.8 Å². The highest BCUT2D eigenvalue weighted by Gasteiger charge is 2.14. The number of carbonyl (C=O) groups excluding carboxylic acids is 1. The molecule has 0 saturated heterocycles. The minimum Gasteiger partial charge on any atom is -0.456 e. The van der Waals surface area contributed by atoms with Crippen molar-refractivity contribution in [3.05, 3.63) is 64.3 Å². The van der Waals surface area contributed by atoms with Crippen LogP contribution in [0.1, 0.15) is 39.7 Å². The average Bonchev–Trinajstić information content (AvgIpc) is 2.61. The van der Waals surface area contributed by atoms with E-state index in [1.54, 1.807) is 25.1 Å². The van der Waals surface area contributed by atoms with E-state index in [2.05, 4.69) is 38.2 Å². The summed E-state index contributed by atoms with van der Waals surface area (Å²) in [5.41, 5.74) is 3.12. The van der Waals surface area contributed by atoms with E-state index >= 15 is 0 Å². The van der Waals surface area contributed by atoms with Crippen LogP contribution in [0.2, 0.25) is 0 Å². The first kappa shape index (κ1) is 17.9. The van der Waals surface area contributed by atoms with Gasteiger partial charge in [-0.3, -0.25) is 9.59 Å². The molecular formula is C22H23NO3. The second-order valence-corrected chi connectivity index (χ2v) is 7.41. The molecule has 4 heteroatoms. The molecule has 0 fully saturated rings. The van der Waals surface area contributed by atoms with Crippen molar-refractivity contribution in [1.82, 2.24) is 0 Å². The Morgan fingerprint density at radius 2 is 1.73 bits per heavy atom. The van der Waals surface area contributed by atoms with Crippen molar-refractivity contribution in [2.75, 3.05) is 5.32 Å². The van der Waals surface area contributed by atoms with Crippen LogP contribution < -0.4 is 10.7 Å². The van der Waals surface area contributed by atoms with Gasteiger partial charge in [0.15, 0.2) is 5.43 Å². The molecule has 0 bridgehead atoms. The molecule has 0 aliphatic heterocycles. The molecule has 3 rings (SSSR count). The second kappa shape index (κ2) is 6.79. The zero-order valence-corrected chi connectivity index (χ0v) is 15.6. The number of anilines is 1. The summed E-state index contributed by atoms with van der Waals surface area (Å²) in [7, 11) is 0. The number of rotatable bonds is 3. The highest BCUT2D eigenvalue weighted by molar-refractivity contribution is 5.93. The molecule has 1 amide bonds. The Morgan fingerprint density at radius 1 is 1.04 bits per heavy atom. The number of nitrogens with one attached hydrogen (secondary N) is 1. The molecular weight excluding hydrogens is 326 g/mol. The molecule has 0 aliphatic rings. The Hall–Kier alpha value is -2.88. The van der Waals surface area contributed by atoms with Gasteiger partial charge in [-0.25, -0.2) is 0 Å². The Labute approximate surface area is 152 Å². The zero-order chi connectivity index (χ0) is 18.9. The topological polar surface area (TPSA) is 59.3 Å². The number of fused-ring (bicyclic) bond motifs is 1. The molecule has 1 N–H and O–H groups in total. The van der Waals surface area contributed by atoms with Crippen LogP contribution in [0.25, 0.3) is 22.3 Å². The Morgan fingerprint density at radius 3 is 2.35 bits per heavy atom. The van der Waals surface area contributed by atoms with E-state index in [4.69, 9.17) is 4.42 Å². The van der Waals surface area contributed by atoms with E-state index in [1.165, 1.54) is 11.6 Å². The maximum Gasteiger partial charge on any atom is 0.224 e. The molecule has 1 heterocycles. The predicted octanol–water partition coefficient (Wildman–Crippen LogP) is 5.11. The first-order chi connectivity index (χ1) is 12.3. The van der Waals surface area contributed by atoms with Crippen LogP contribution in [-0.4, -0.2) is 5.91 Å². The summed E-state index contributed by atoms with van der Waals surface area (Å²) in [6, 6.07) is 14.7. The third kappa shape index (κ3) is 3.69. The predicted molar refractivity (Wildman–Crippen MR) is 106 cm³/mol. The van der Waals surface area contributed by atoms with Gasteiger partial charge in [0.2, 0.25) is 5.91 Å². The highest BCUT2D eigenvalue weighted by Crippen LogP contribution is 2.27. The fourth-order valence-corrected chi connectivity index (χ4v) is 2.76. The van der Waals surface area contributed by atoms with Gasteiger partial charge < -0.3 is 9.73 Å². The normalized spacial score (nSPS) is 11.5. The minimum absolute atomic E-state index is 0.0715. The van der Waals surface area contributed by atoms with Gasteiger partial charge in [0.25, 0.3) is 0 Å². The summed E-state index contributed by atoms with van der Waals surface area (Å²) >= 11 is 0. The van der Waals surface area contributed by atoms with Gasteiger partial charge in [-0.05, 0) is 29.2 Å². The highest BCUT2D eigenvalue weighted by atomic mass is 16.3. The Kier molecular flexibility index (Phi) is 4.68. The maximum atomic E-state index is 12.5. The molecule has 0 spiro atoms. The van der Waals surface area contributed by atoms with Gasteiger partial charge in [0.1, 0.15) is 11.3 Å². The van der Waals surface area contributed by atoms with Crippen molar-refractivity contribution in [3.8, 4) is 11.3 Å². The van der Waals surface area contributed by atoms with Gasteiger partial charge in [-0.15, -0.1) is 0 Å². The van der Waals surface area contributed by atoms with Crippen LogP contribution in [0.15, 0.2) is 57.7 Å². The molecule has 4 nitrogen and oxygen atoms in total. The lowest BCUT2D eigenvalue weighted by molar-refractivity contribution is -0.115. The van der Waals surface area contributed by atoms with Crippen molar-refractivity contribution in [2.45, 2.75) is 39.5 Å². The molecule has 3 aromatic rings. The summed E-state index contributed by atoms with van der Waals surface area (Å²) < 4.78 is 5.93. The molecule has 0 saturated carbocycles. The number of hydrogen-bond donors (Lipinski definition) is 1. The maximum absolute atomic E-state index is 12.5. The number of carbonyl (C=O) groups is 1. The fourth-order valence-electron chi connectivity index (χ4n) is 2.76. The molecule has 0 atom stereocenters. The van der Waals surface area contributed by atoms with Gasteiger partial charge in [-0.2, -0.15) is 0 Å². The lowest BCUT2D eigenvalue weighted by Crippen LogP contribution is -2.10. The van der Waals surface area contributed by atoms with E-state index in [9.17, 15) is 9.59 Å². The van der Waals surface area contributed by atoms with Crippen LogP contribution in [0.3, 0.4) is 0 Å². The lowest BCUT2D eigenvalue weighted by Gasteiger charge is -2.19. The molecule has 1 aromatic heterocycles. The Balaban J connectivity index is 2.00. The largest absolute Gasteiger partial charge is 0.456 e. The van der Waals surface area contributed by atoms with Gasteiger partial charge >= 0.3 is 0 Å². The van der Waals surface area contributed by atoms with Crippen molar-refractivity contribution in [2.24, 2.45) is 0 Å². The molecule has 0 radical (unpaired) electrons. The molecule has 26 heavy (non-hydrogen) atoms. The molecule has 0 aliphatic carbocycles.